The fourth-order valence-corrected chi connectivity index (χ4v) is 4.46. The number of nitrogens with one attached hydrogen (secondary N) is 1. The molecule has 2 rings (SSSR count). The predicted octanol–water partition coefficient (Wildman–Crippen LogP) is 1.69. The van der Waals surface area contributed by atoms with Crippen LogP contribution >= 0.6 is 11.8 Å². The number of thioether (sulfide) groups is 1. The van der Waals surface area contributed by atoms with E-state index in [2.05, 4.69) is 4.72 Å². The van der Waals surface area contributed by atoms with Gasteiger partial charge in [0.05, 0.1) is 6.54 Å². The van der Waals surface area contributed by atoms with E-state index in [4.69, 9.17) is 10.2 Å². The Morgan fingerprint density at radius 2 is 2.11 bits per heavy atom. The standard InChI is InChI=1S/C12H20N2O3S2/c1-18-12(6-2-3-7-12)9-14-19(15,16)11-5-4-10(8-13)17-11/h4-5,14H,2-3,6-9,13H2,1H3. The summed E-state index contributed by atoms with van der Waals surface area (Å²) in [5.41, 5.74) is 5.41. The van der Waals surface area contributed by atoms with Gasteiger partial charge in [-0.25, -0.2) is 13.1 Å². The highest BCUT2D eigenvalue weighted by molar-refractivity contribution is 8.00. The minimum atomic E-state index is -3.57. The molecule has 19 heavy (non-hydrogen) atoms. The zero-order chi connectivity index (χ0) is 13.9. The van der Waals surface area contributed by atoms with Crippen molar-refractivity contribution in [1.82, 2.24) is 4.72 Å². The summed E-state index contributed by atoms with van der Waals surface area (Å²) in [6.45, 7) is 0.652. The molecule has 0 atom stereocenters. The molecule has 0 amide bonds. The fourth-order valence-electron chi connectivity index (χ4n) is 2.38. The monoisotopic (exact) mass is 304 g/mol. The van der Waals surface area contributed by atoms with Crippen molar-refractivity contribution in [2.45, 2.75) is 42.1 Å². The summed E-state index contributed by atoms with van der Waals surface area (Å²) >= 11 is 1.75. The Kier molecular flexibility index (Phi) is 4.60. The van der Waals surface area contributed by atoms with E-state index in [9.17, 15) is 8.42 Å². The Morgan fingerprint density at radius 3 is 2.63 bits per heavy atom. The molecule has 7 heteroatoms. The summed E-state index contributed by atoms with van der Waals surface area (Å²) in [7, 11) is -3.57. The van der Waals surface area contributed by atoms with Crippen LogP contribution in [0.2, 0.25) is 0 Å². The van der Waals surface area contributed by atoms with Gasteiger partial charge in [0.15, 0.2) is 0 Å². The van der Waals surface area contributed by atoms with E-state index in [1.807, 2.05) is 6.26 Å². The van der Waals surface area contributed by atoms with Crippen LogP contribution in [0.15, 0.2) is 21.6 Å². The highest BCUT2D eigenvalue weighted by atomic mass is 32.2. The van der Waals surface area contributed by atoms with E-state index in [0.717, 1.165) is 12.8 Å². The summed E-state index contributed by atoms with van der Waals surface area (Å²) in [4.78, 5) is 0. The number of rotatable bonds is 6. The second-order valence-corrected chi connectivity index (χ2v) is 7.82. The average Bonchev–Trinajstić information content (AvgIpc) is 3.06. The summed E-state index contributed by atoms with van der Waals surface area (Å²) in [5, 5.41) is -0.0535. The maximum Gasteiger partial charge on any atom is 0.274 e. The highest BCUT2D eigenvalue weighted by Gasteiger charge is 2.34. The molecule has 1 aliphatic carbocycles. The van der Waals surface area contributed by atoms with Gasteiger partial charge >= 0.3 is 0 Å². The second kappa shape index (κ2) is 5.87. The molecule has 1 aliphatic rings. The third-order valence-electron chi connectivity index (χ3n) is 3.64. The van der Waals surface area contributed by atoms with Crippen LogP contribution < -0.4 is 10.5 Å². The van der Waals surface area contributed by atoms with Crippen molar-refractivity contribution in [2.24, 2.45) is 5.73 Å². The molecular formula is C12H20N2O3S2. The molecule has 0 aromatic carbocycles. The second-order valence-electron chi connectivity index (χ2n) is 4.84. The number of furan rings is 1. The summed E-state index contributed by atoms with van der Waals surface area (Å²) in [6, 6.07) is 3.04. The largest absolute Gasteiger partial charge is 0.447 e. The van der Waals surface area contributed by atoms with Gasteiger partial charge in [-0.2, -0.15) is 11.8 Å². The first-order valence-corrected chi connectivity index (χ1v) is 9.06. The molecule has 3 N–H and O–H groups in total. The number of nitrogens with two attached hydrogens (primary N) is 1. The Bertz CT molecular complexity index is 519. The summed E-state index contributed by atoms with van der Waals surface area (Å²) in [5.74, 6) is 0.473. The van der Waals surface area contributed by atoms with E-state index < -0.39 is 10.0 Å². The van der Waals surface area contributed by atoms with Gasteiger partial charge in [0.2, 0.25) is 5.09 Å². The molecule has 1 aromatic rings. The van der Waals surface area contributed by atoms with Crippen LogP contribution in [0.3, 0.4) is 0 Å². The SMILES string of the molecule is CSC1(CNS(=O)(=O)c2ccc(CN)o2)CCCC1. The first-order valence-electron chi connectivity index (χ1n) is 6.35. The van der Waals surface area contributed by atoms with Gasteiger partial charge in [-0.3, -0.25) is 0 Å². The third kappa shape index (κ3) is 3.34. The molecule has 0 radical (unpaired) electrons. The molecule has 0 bridgehead atoms. The lowest BCUT2D eigenvalue weighted by Gasteiger charge is -2.26. The smallest absolute Gasteiger partial charge is 0.274 e. The maximum absolute atomic E-state index is 12.1. The van der Waals surface area contributed by atoms with Crippen LogP contribution in [0.25, 0.3) is 0 Å². The predicted molar refractivity (Wildman–Crippen MR) is 76.5 cm³/mol. The van der Waals surface area contributed by atoms with Crippen LogP contribution in [0.5, 0.6) is 0 Å². The van der Waals surface area contributed by atoms with Crippen molar-refractivity contribution >= 4 is 21.8 Å². The van der Waals surface area contributed by atoms with E-state index >= 15 is 0 Å². The van der Waals surface area contributed by atoms with Crippen molar-refractivity contribution in [3.8, 4) is 0 Å². The Morgan fingerprint density at radius 1 is 1.42 bits per heavy atom. The van der Waals surface area contributed by atoms with Gasteiger partial charge in [0.25, 0.3) is 10.0 Å². The fraction of sp³-hybridized carbons (Fsp3) is 0.667. The van der Waals surface area contributed by atoms with E-state index in [0.29, 0.717) is 12.3 Å². The van der Waals surface area contributed by atoms with Gasteiger partial charge in [-0.05, 0) is 31.2 Å². The lowest BCUT2D eigenvalue weighted by Crippen LogP contribution is -2.38. The van der Waals surface area contributed by atoms with Gasteiger partial charge in [0, 0.05) is 11.3 Å². The van der Waals surface area contributed by atoms with E-state index in [1.165, 1.54) is 18.9 Å². The molecule has 5 nitrogen and oxygen atoms in total. The minimum Gasteiger partial charge on any atom is -0.447 e. The molecule has 1 aromatic heterocycles. The van der Waals surface area contributed by atoms with Crippen LogP contribution in [0.1, 0.15) is 31.4 Å². The number of sulfonamides is 1. The van der Waals surface area contributed by atoms with Crippen molar-refractivity contribution in [2.75, 3.05) is 12.8 Å². The topological polar surface area (TPSA) is 85.3 Å². The molecule has 108 valence electrons. The van der Waals surface area contributed by atoms with Gasteiger partial charge in [-0.1, -0.05) is 12.8 Å². The molecule has 0 saturated heterocycles. The molecule has 1 fully saturated rings. The molecule has 0 unspecified atom stereocenters. The molecule has 0 aliphatic heterocycles. The molecule has 1 saturated carbocycles. The van der Waals surface area contributed by atoms with E-state index in [1.54, 1.807) is 17.8 Å². The van der Waals surface area contributed by atoms with Crippen molar-refractivity contribution in [3.05, 3.63) is 17.9 Å². The average molecular weight is 304 g/mol. The van der Waals surface area contributed by atoms with Crippen LogP contribution in [-0.2, 0) is 16.6 Å². The third-order valence-corrected chi connectivity index (χ3v) is 6.33. The van der Waals surface area contributed by atoms with Crippen molar-refractivity contribution < 1.29 is 12.8 Å². The zero-order valence-corrected chi connectivity index (χ0v) is 12.6. The first kappa shape index (κ1) is 14.9. The number of hydrogen-bond donors (Lipinski definition) is 2. The summed E-state index contributed by atoms with van der Waals surface area (Å²) < 4.78 is 32.1. The molecule has 0 spiro atoms. The number of hydrogen-bond acceptors (Lipinski definition) is 5. The van der Waals surface area contributed by atoms with Gasteiger partial charge in [-0.15, -0.1) is 0 Å². The van der Waals surface area contributed by atoms with Crippen molar-refractivity contribution in [1.29, 1.82) is 0 Å². The first-order chi connectivity index (χ1) is 9.01. The lowest BCUT2D eigenvalue weighted by atomic mass is 10.1. The molecule has 1 heterocycles. The quantitative estimate of drug-likeness (QED) is 0.835. The summed E-state index contributed by atoms with van der Waals surface area (Å²) in [6.07, 6.45) is 6.49. The van der Waals surface area contributed by atoms with E-state index in [-0.39, 0.29) is 16.4 Å². The molecular weight excluding hydrogens is 284 g/mol. The van der Waals surface area contributed by atoms with Crippen LogP contribution in [0.4, 0.5) is 0 Å². The zero-order valence-electron chi connectivity index (χ0n) is 11.0. The van der Waals surface area contributed by atoms with Crippen molar-refractivity contribution in [3.63, 3.8) is 0 Å². The highest BCUT2D eigenvalue weighted by Crippen LogP contribution is 2.39. The minimum absolute atomic E-state index is 0.0381. The Balaban J connectivity index is 2.05. The van der Waals surface area contributed by atoms with Gasteiger partial charge < -0.3 is 10.2 Å². The lowest BCUT2D eigenvalue weighted by molar-refractivity contribution is 0.411. The Hall–Kier alpha value is -0.500. The van der Waals surface area contributed by atoms with Crippen LogP contribution in [0, 0.1) is 0 Å². The Labute approximate surface area is 118 Å². The van der Waals surface area contributed by atoms with Crippen LogP contribution in [-0.4, -0.2) is 26.0 Å². The van der Waals surface area contributed by atoms with Gasteiger partial charge in [0.1, 0.15) is 5.76 Å². The normalized spacial score (nSPS) is 18.8. The maximum atomic E-state index is 12.1.